The third-order valence-corrected chi connectivity index (χ3v) is 5.43. The number of nitrogens with one attached hydrogen (secondary N) is 1. The van der Waals surface area contributed by atoms with Gasteiger partial charge < -0.3 is 10.1 Å². The van der Waals surface area contributed by atoms with Crippen molar-refractivity contribution in [2.24, 2.45) is 0 Å². The fraction of sp³-hybridized carbons (Fsp3) is 1.00. The molecule has 0 aromatic carbocycles. The highest BCUT2D eigenvalue weighted by Crippen LogP contribution is 2.21. The zero-order chi connectivity index (χ0) is 13.3. The molecule has 3 nitrogen and oxygen atoms in total. The molecule has 4 heteroatoms. The second kappa shape index (κ2) is 9.22. The Morgan fingerprint density at radius 3 is 2.89 bits per heavy atom. The van der Waals surface area contributed by atoms with Crippen molar-refractivity contribution in [2.75, 3.05) is 45.1 Å². The normalized spacial score (nSPS) is 26.7. The minimum absolute atomic E-state index is 0.498. The molecule has 0 radical (unpaired) electrons. The summed E-state index contributed by atoms with van der Waals surface area (Å²) in [4.78, 5) is 2.61. The smallest absolute Gasteiger partial charge is 0.0702 e. The van der Waals surface area contributed by atoms with Gasteiger partial charge in [0.25, 0.3) is 0 Å². The number of piperidine rings is 2. The summed E-state index contributed by atoms with van der Waals surface area (Å²) < 4.78 is 5.90. The maximum atomic E-state index is 5.90. The lowest BCUT2D eigenvalue weighted by Crippen LogP contribution is -2.41. The number of ether oxygens (including phenoxy) is 1. The van der Waals surface area contributed by atoms with Crippen LogP contribution >= 0.6 is 11.8 Å². The fourth-order valence-corrected chi connectivity index (χ4v) is 4.21. The molecule has 0 spiro atoms. The minimum atomic E-state index is 0.498. The molecule has 2 aliphatic heterocycles. The average Bonchev–Trinajstić information content (AvgIpc) is 2.47. The molecule has 0 aromatic rings. The molecule has 0 saturated carbocycles. The van der Waals surface area contributed by atoms with Crippen molar-refractivity contribution in [1.29, 1.82) is 0 Å². The summed E-state index contributed by atoms with van der Waals surface area (Å²) >= 11 is 2.19. The van der Waals surface area contributed by atoms with Crippen LogP contribution in [-0.4, -0.2) is 61.3 Å². The van der Waals surface area contributed by atoms with E-state index < -0.39 is 0 Å². The van der Waals surface area contributed by atoms with Crippen LogP contribution in [0.3, 0.4) is 0 Å². The standard InChI is InChI=1S/C15H30N2OS/c1-2-11-18-14-4-3-9-17(13-14)10-12-19-15-5-7-16-8-6-15/h14-16H,2-13H2,1H3. The van der Waals surface area contributed by atoms with Gasteiger partial charge >= 0.3 is 0 Å². The number of hydrogen-bond donors (Lipinski definition) is 1. The first-order valence-corrected chi connectivity index (χ1v) is 9.09. The van der Waals surface area contributed by atoms with Crippen molar-refractivity contribution < 1.29 is 4.74 Å². The third kappa shape index (κ3) is 6.03. The second-order valence-corrected chi connectivity index (χ2v) is 7.16. The van der Waals surface area contributed by atoms with Crippen LogP contribution in [0.4, 0.5) is 0 Å². The first kappa shape index (κ1) is 15.6. The molecule has 2 aliphatic rings. The van der Waals surface area contributed by atoms with E-state index >= 15 is 0 Å². The topological polar surface area (TPSA) is 24.5 Å². The van der Waals surface area contributed by atoms with Crippen molar-refractivity contribution in [3.8, 4) is 0 Å². The van der Waals surface area contributed by atoms with Gasteiger partial charge in [-0.3, -0.25) is 4.90 Å². The molecule has 0 bridgehead atoms. The van der Waals surface area contributed by atoms with Crippen LogP contribution in [0.25, 0.3) is 0 Å². The zero-order valence-electron chi connectivity index (χ0n) is 12.4. The first-order chi connectivity index (χ1) is 9.38. The number of likely N-dealkylation sites (tertiary alicyclic amines) is 1. The second-order valence-electron chi connectivity index (χ2n) is 5.76. The van der Waals surface area contributed by atoms with E-state index in [1.807, 2.05) is 0 Å². The first-order valence-electron chi connectivity index (χ1n) is 8.04. The molecular formula is C15H30N2OS. The summed E-state index contributed by atoms with van der Waals surface area (Å²) in [7, 11) is 0. The number of nitrogens with zero attached hydrogens (tertiary/aromatic N) is 1. The predicted octanol–water partition coefficient (Wildman–Crippen LogP) is 2.36. The fourth-order valence-electron chi connectivity index (χ4n) is 2.95. The lowest BCUT2D eigenvalue weighted by atomic mass is 10.1. The van der Waals surface area contributed by atoms with Gasteiger partial charge in [0, 0.05) is 30.7 Å². The van der Waals surface area contributed by atoms with E-state index in [9.17, 15) is 0 Å². The Balaban J connectivity index is 1.56. The number of rotatable bonds is 7. The monoisotopic (exact) mass is 286 g/mol. The van der Waals surface area contributed by atoms with Crippen molar-refractivity contribution in [1.82, 2.24) is 10.2 Å². The molecule has 2 heterocycles. The highest BCUT2D eigenvalue weighted by molar-refractivity contribution is 7.99. The molecule has 1 unspecified atom stereocenters. The van der Waals surface area contributed by atoms with Gasteiger partial charge in [-0.05, 0) is 51.7 Å². The Morgan fingerprint density at radius 1 is 1.26 bits per heavy atom. The number of thioether (sulfide) groups is 1. The molecule has 112 valence electrons. The third-order valence-electron chi connectivity index (χ3n) is 4.07. The van der Waals surface area contributed by atoms with Gasteiger partial charge in [-0.1, -0.05) is 6.92 Å². The van der Waals surface area contributed by atoms with E-state index in [0.717, 1.165) is 24.8 Å². The van der Waals surface area contributed by atoms with E-state index in [4.69, 9.17) is 4.74 Å². The Hall–Kier alpha value is 0.230. The van der Waals surface area contributed by atoms with E-state index in [0.29, 0.717) is 6.10 Å². The molecule has 1 atom stereocenters. The van der Waals surface area contributed by atoms with Crippen molar-refractivity contribution in [3.05, 3.63) is 0 Å². The zero-order valence-corrected chi connectivity index (χ0v) is 13.2. The molecule has 0 aromatic heterocycles. The lowest BCUT2D eigenvalue weighted by molar-refractivity contribution is 0.00171. The van der Waals surface area contributed by atoms with Gasteiger partial charge in [0.2, 0.25) is 0 Å². The van der Waals surface area contributed by atoms with Gasteiger partial charge in [0.15, 0.2) is 0 Å². The SMILES string of the molecule is CCCOC1CCCN(CCSC2CCNCC2)C1. The van der Waals surface area contributed by atoms with Gasteiger partial charge in [-0.25, -0.2) is 0 Å². The molecule has 2 rings (SSSR count). The Kier molecular flexibility index (Phi) is 7.58. The van der Waals surface area contributed by atoms with Crippen molar-refractivity contribution in [3.63, 3.8) is 0 Å². The summed E-state index contributed by atoms with van der Waals surface area (Å²) in [6.07, 6.45) is 6.92. The van der Waals surface area contributed by atoms with Crippen LogP contribution in [0, 0.1) is 0 Å². The van der Waals surface area contributed by atoms with Gasteiger partial charge in [0.1, 0.15) is 0 Å². The molecule has 2 fully saturated rings. The minimum Gasteiger partial charge on any atom is -0.377 e. The van der Waals surface area contributed by atoms with Gasteiger partial charge in [-0.15, -0.1) is 0 Å². The highest BCUT2D eigenvalue weighted by atomic mass is 32.2. The summed E-state index contributed by atoms with van der Waals surface area (Å²) in [5.74, 6) is 1.30. The summed E-state index contributed by atoms with van der Waals surface area (Å²) in [5, 5.41) is 4.34. The van der Waals surface area contributed by atoms with Crippen molar-refractivity contribution >= 4 is 11.8 Å². The van der Waals surface area contributed by atoms with Crippen LogP contribution in [-0.2, 0) is 4.74 Å². The average molecular weight is 286 g/mol. The Bertz CT molecular complexity index is 234. The summed E-state index contributed by atoms with van der Waals surface area (Å²) in [5.41, 5.74) is 0. The maximum Gasteiger partial charge on any atom is 0.0702 e. The molecule has 19 heavy (non-hydrogen) atoms. The van der Waals surface area contributed by atoms with Crippen LogP contribution in [0.5, 0.6) is 0 Å². The van der Waals surface area contributed by atoms with E-state index in [2.05, 4.69) is 28.9 Å². The van der Waals surface area contributed by atoms with Crippen LogP contribution < -0.4 is 5.32 Å². The largest absolute Gasteiger partial charge is 0.377 e. The molecule has 1 N–H and O–H groups in total. The van der Waals surface area contributed by atoms with Crippen LogP contribution in [0.1, 0.15) is 39.0 Å². The van der Waals surface area contributed by atoms with Crippen molar-refractivity contribution in [2.45, 2.75) is 50.4 Å². The lowest BCUT2D eigenvalue weighted by Gasteiger charge is -2.33. The number of hydrogen-bond acceptors (Lipinski definition) is 4. The van der Waals surface area contributed by atoms with E-state index in [1.165, 1.54) is 57.6 Å². The van der Waals surface area contributed by atoms with Crippen LogP contribution in [0.2, 0.25) is 0 Å². The van der Waals surface area contributed by atoms with Gasteiger partial charge in [0.05, 0.1) is 6.10 Å². The molecule has 2 saturated heterocycles. The summed E-state index contributed by atoms with van der Waals surface area (Å²) in [6.45, 7) is 9.24. The van der Waals surface area contributed by atoms with Gasteiger partial charge in [-0.2, -0.15) is 11.8 Å². The van der Waals surface area contributed by atoms with Crippen LogP contribution in [0.15, 0.2) is 0 Å². The molecular weight excluding hydrogens is 256 g/mol. The Morgan fingerprint density at radius 2 is 2.11 bits per heavy atom. The quantitative estimate of drug-likeness (QED) is 0.776. The molecule has 0 aliphatic carbocycles. The predicted molar refractivity (Wildman–Crippen MR) is 84.1 cm³/mol. The van der Waals surface area contributed by atoms with E-state index in [1.54, 1.807) is 0 Å². The van der Waals surface area contributed by atoms with E-state index in [-0.39, 0.29) is 0 Å². The Labute approximate surface area is 122 Å². The highest BCUT2D eigenvalue weighted by Gasteiger charge is 2.20. The summed E-state index contributed by atoms with van der Waals surface area (Å²) in [6, 6.07) is 0. The maximum absolute atomic E-state index is 5.90. The molecule has 0 amide bonds.